The summed E-state index contributed by atoms with van der Waals surface area (Å²) in [5.74, 6) is -1.87. The van der Waals surface area contributed by atoms with Gasteiger partial charge < -0.3 is 37.5 Å². The van der Waals surface area contributed by atoms with Crippen molar-refractivity contribution < 1.29 is 47.1 Å². The highest BCUT2D eigenvalue weighted by Crippen LogP contribution is 2.23. The third-order valence-corrected chi connectivity index (χ3v) is 18.2. The lowest BCUT2D eigenvalue weighted by atomic mass is 10.4. The van der Waals surface area contributed by atoms with Crippen LogP contribution in [-0.4, -0.2) is 84.5 Å². The number of carboxylic acid groups (broad SMARTS) is 2. The fourth-order valence-corrected chi connectivity index (χ4v) is 16.5. The van der Waals surface area contributed by atoms with Gasteiger partial charge in [0, 0.05) is 11.1 Å². The Morgan fingerprint density at radius 1 is 0.565 bits per heavy atom. The van der Waals surface area contributed by atoms with E-state index in [1.165, 1.54) is 13.8 Å². The average molecular weight is 687 g/mol. The molecule has 2 unspecified atom stereocenters. The topological polar surface area (TPSA) is 152 Å². The Morgan fingerprint density at radius 3 is 1.02 bits per heavy atom. The van der Waals surface area contributed by atoms with E-state index in [9.17, 15) is 19.8 Å². The molecule has 3 aromatic carbocycles. The van der Waals surface area contributed by atoms with Crippen LogP contribution in [0.5, 0.6) is 0 Å². The minimum Gasteiger partial charge on any atom is -0.478 e. The van der Waals surface area contributed by atoms with Gasteiger partial charge in [0.15, 0.2) is 0 Å². The van der Waals surface area contributed by atoms with Crippen molar-refractivity contribution in [2.45, 2.75) is 33.5 Å². The molecule has 13 heteroatoms. The Morgan fingerprint density at radius 2 is 0.804 bits per heavy atom. The summed E-state index contributed by atoms with van der Waals surface area (Å²) in [6.45, 7) is 15.4. The molecule has 0 amide bonds. The van der Waals surface area contributed by atoms with Gasteiger partial charge in [0.1, 0.15) is 0 Å². The monoisotopic (exact) mass is 686 g/mol. The molecule has 0 radical (unpaired) electrons. The number of benzene rings is 3. The zero-order chi connectivity index (χ0) is 34.8. The Labute approximate surface area is 274 Å². The van der Waals surface area contributed by atoms with Crippen molar-refractivity contribution in [1.29, 1.82) is 0 Å². The first-order chi connectivity index (χ1) is 21.6. The number of aliphatic hydroxyl groups excluding tert-OH is 2. The number of aliphatic hydroxyl groups is 2. The minimum atomic E-state index is -3.15. The van der Waals surface area contributed by atoms with Crippen molar-refractivity contribution in [3.05, 3.63) is 115 Å². The molecule has 0 aliphatic carbocycles. The van der Waals surface area contributed by atoms with Crippen LogP contribution >= 0.6 is 0 Å². The smallest absolute Gasteiger partial charge is 0.360 e. The standard InChI is InChI=1S/C25H34O6Si3.2C4H6O2/c1-32(28-21-19-26,23-13-7-4-8-14-23)30-34(3,25-17-11-6-12-18-25)31-33(2,29-22-20-27)24-15-9-5-10-16-24;2*1-3(2)4(5)6/h4-18,26-27H,19-22H2,1-3H3;2*1H2,2H3,(H,5,6). The highest BCUT2D eigenvalue weighted by Gasteiger charge is 2.51. The van der Waals surface area contributed by atoms with E-state index in [0.717, 1.165) is 15.6 Å². The Bertz CT molecular complexity index is 1270. The average Bonchev–Trinajstić information content (AvgIpc) is 3.04. The van der Waals surface area contributed by atoms with Gasteiger partial charge in [-0.25, -0.2) is 9.59 Å². The SMILES string of the molecule is C=C(C)C(=O)O.C=C(C)C(=O)O.C[Si](OCCO)(O[Si](C)(O[Si](C)(OCCO)c1ccccc1)c1ccccc1)c1ccccc1. The van der Waals surface area contributed by atoms with Gasteiger partial charge in [-0.1, -0.05) is 104 Å². The summed E-state index contributed by atoms with van der Waals surface area (Å²) >= 11 is 0. The predicted octanol–water partition coefficient (Wildman–Crippen LogP) is 3.27. The first-order valence-corrected chi connectivity index (χ1v) is 21.4. The first-order valence-electron chi connectivity index (χ1n) is 14.5. The van der Waals surface area contributed by atoms with Gasteiger partial charge in [-0.2, -0.15) is 0 Å². The number of rotatable bonds is 15. The van der Waals surface area contributed by atoms with Crippen molar-refractivity contribution in [3.8, 4) is 0 Å². The summed E-state index contributed by atoms with van der Waals surface area (Å²) in [7, 11) is -9.16. The fraction of sp³-hybridized carbons (Fsp3) is 0.273. The lowest BCUT2D eigenvalue weighted by molar-refractivity contribution is -0.133. The molecular formula is C33H46O10Si3. The minimum absolute atomic E-state index is 0.0979. The van der Waals surface area contributed by atoms with Crippen LogP contribution in [-0.2, 0) is 26.7 Å². The molecule has 46 heavy (non-hydrogen) atoms. The van der Waals surface area contributed by atoms with Crippen LogP contribution in [0.25, 0.3) is 0 Å². The van der Waals surface area contributed by atoms with Gasteiger partial charge in [-0.15, -0.1) is 0 Å². The van der Waals surface area contributed by atoms with Crippen LogP contribution in [0.15, 0.2) is 115 Å². The lowest BCUT2D eigenvalue weighted by Gasteiger charge is -2.42. The number of carbonyl (C=O) groups is 2. The number of hydrogen-bond acceptors (Lipinski definition) is 8. The Kier molecular flexibility index (Phi) is 17.5. The number of hydrogen-bond donors (Lipinski definition) is 4. The molecule has 0 aromatic heterocycles. The van der Waals surface area contributed by atoms with Crippen molar-refractivity contribution in [1.82, 2.24) is 0 Å². The molecule has 10 nitrogen and oxygen atoms in total. The molecular weight excluding hydrogens is 641 g/mol. The summed E-state index contributed by atoms with van der Waals surface area (Å²) < 4.78 is 26.5. The predicted molar refractivity (Wildman–Crippen MR) is 186 cm³/mol. The maximum atomic E-state index is 9.60. The second-order valence-electron chi connectivity index (χ2n) is 10.5. The molecule has 2 atom stereocenters. The van der Waals surface area contributed by atoms with Crippen molar-refractivity contribution in [2.75, 3.05) is 26.4 Å². The van der Waals surface area contributed by atoms with E-state index in [1.54, 1.807) is 0 Å². The van der Waals surface area contributed by atoms with E-state index in [-0.39, 0.29) is 37.6 Å². The molecule has 0 fully saturated rings. The van der Waals surface area contributed by atoms with Crippen LogP contribution in [0, 0.1) is 0 Å². The van der Waals surface area contributed by atoms with E-state index in [0.29, 0.717) is 0 Å². The number of aliphatic carboxylic acids is 2. The summed E-state index contributed by atoms with van der Waals surface area (Å²) in [5.41, 5.74) is 0.352. The first kappa shape index (κ1) is 40.5. The summed E-state index contributed by atoms with van der Waals surface area (Å²) in [6, 6.07) is 29.7. The second-order valence-corrected chi connectivity index (χ2v) is 20.1. The summed E-state index contributed by atoms with van der Waals surface area (Å²) in [6.07, 6.45) is 0. The third-order valence-electron chi connectivity index (χ3n) is 6.34. The molecule has 0 saturated carbocycles. The number of carboxylic acids is 2. The van der Waals surface area contributed by atoms with Crippen molar-refractivity contribution in [3.63, 3.8) is 0 Å². The molecule has 250 valence electrons. The molecule has 0 spiro atoms. The van der Waals surface area contributed by atoms with E-state index in [1.807, 2.05) is 111 Å². The molecule has 3 rings (SSSR count). The maximum Gasteiger partial charge on any atom is 0.360 e. The van der Waals surface area contributed by atoms with Crippen LogP contribution < -0.4 is 15.6 Å². The lowest BCUT2D eigenvalue weighted by Crippen LogP contribution is -2.69. The van der Waals surface area contributed by atoms with Crippen LogP contribution in [0.3, 0.4) is 0 Å². The summed E-state index contributed by atoms with van der Waals surface area (Å²) in [4.78, 5) is 19.2. The van der Waals surface area contributed by atoms with Crippen LogP contribution in [0.2, 0.25) is 19.6 Å². The molecule has 0 saturated heterocycles. The third kappa shape index (κ3) is 13.5. The van der Waals surface area contributed by atoms with Crippen LogP contribution in [0.1, 0.15) is 13.8 Å². The molecule has 0 heterocycles. The molecule has 0 aliphatic heterocycles. The zero-order valence-electron chi connectivity index (χ0n) is 27.1. The fourth-order valence-electron chi connectivity index (χ4n) is 3.93. The molecule has 4 N–H and O–H groups in total. The van der Waals surface area contributed by atoms with E-state index in [2.05, 4.69) is 13.2 Å². The van der Waals surface area contributed by atoms with Gasteiger partial charge in [0.2, 0.25) is 0 Å². The van der Waals surface area contributed by atoms with Gasteiger partial charge in [-0.05, 0) is 49.0 Å². The van der Waals surface area contributed by atoms with Gasteiger partial charge in [0.05, 0.1) is 26.4 Å². The highest BCUT2D eigenvalue weighted by molar-refractivity contribution is 6.98. The zero-order valence-corrected chi connectivity index (χ0v) is 30.1. The van der Waals surface area contributed by atoms with E-state index in [4.69, 9.17) is 27.3 Å². The maximum absolute atomic E-state index is 9.60. The highest BCUT2D eigenvalue weighted by atomic mass is 28.5. The quantitative estimate of drug-likeness (QED) is 0.139. The largest absolute Gasteiger partial charge is 0.478 e. The van der Waals surface area contributed by atoms with Crippen molar-refractivity contribution >= 4 is 53.2 Å². The van der Waals surface area contributed by atoms with Crippen molar-refractivity contribution in [2.24, 2.45) is 0 Å². The Hall–Kier alpha value is -3.51. The molecule has 0 aliphatic rings. The molecule has 0 bridgehead atoms. The van der Waals surface area contributed by atoms with Crippen LogP contribution in [0.4, 0.5) is 0 Å². The Balaban J connectivity index is 0.000000747. The summed E-state index contributed by atoms with van der Waals surface area (Å²) in [5, 5.41) is 37.7. The van der Waals surface area contributed by atoms with Gasteiger partial charge in [-0.3, -0.25) is 0 Å². The molecule has 3 aromatic rings. The van der Waals surface area contributed by atoms with Gasteiger partial charge in [0.25, 0.3) is 0 Å². The second kappa shape index (κ2) is 19.9. The van der Waals surface area contributed by atoms with E-state index < -0.39 is 37.6 Å². The normalized spacial score (nSPS) is 14.4. The van der Waals surface area contributed by atoms with E-state index >= 15 is 0 Å². The van der Waals surface area contributed by atoms with Gasteiger partial charge >= 0.3 is 37.6 Å².